The van der Waals surface area contributed by atoms with E-state index in [-0.39, 0.29) is 17.6 Å². The molecule has 0 aliphatic carbocycles. The fourth-order valence-corrected chi connectivity index (χ4v) is 3.44. The molecule has 2 heterocycles. The van der Waals surface area contributed by atoms with Crippen molar-refractivity contribution in [1.29, 1.82) is 0 Å². The normalized spacial score (nSPS) is 18.0. The molecule has 0 saturated carbocycles. The standard InChI is InChI=1S/C20H27N3O3/c1-6-7-13-10-17(23(4)22-13)19(24)21-16-12-20(2,3)26-18-11-14(25-5)8-9-15(16)18/h8-11,16H,6-7,12H2,1-5H3,(H,21,24). The zero-order chi connectivity index (χ0) is 18.9. The molecule has 6 nitrogen and oxygen atoms in total. The van der Waals surface area contributed by atoms with E-state index in [0.29, 0.717) is 12.1 Å². The Morgan fingerprint density at radius 3 is 2.88 bits per heavy atom. The van der Waals surface area contributed by atoms with Crippen LogP contribution in [0.3, 0.4) is 0 Å². The molecule has 1 atom stereocenters. The van der Waals surface area contributed by atoms with E-state index in [1.54, 1.807) is 18.8 Å². The first kappa shape index (κ1) is 18.3. The highest BCUT2D eigenvalue weighted by molar-refractivity contribution is 5.93. The summed E-state index contributed by atoms with van der Waals surface area (Å²) in [5, 5.41) is 7.58. The lowest BCUT2D eigenvalue weighted by molar-refractivity contribution is 0.0614. The number of fused-ring (bicyclic) bond motifs is 1. The first-order valence-electron chi connectivity index (χ1n) is 9.03. The second kappa shape index (κ2) is 7.02. The summed E-state index contributed by atoms with van der Waals surface area (Å²) in [6.07, 6.45) is 2.56. The van der Waals surface area contributed by atoms with Gasteiger partial charge < -0.3 is 14.8 Å². The Morgan fingerprint density at radius 1 is 1.42 bits per heavy atom. The molecule has 1 aromatic carbocycles. The Balaban J connectivity index is 1.86. The lowest BCUT2D eigenvalue weighted by atomic mass is 9.89. The molecule has 3 rings (SSSR count). The van der Waals surface area contributed by atoms with E-state index in [2.05, 4.69) is 17.3 Å². The van der Waals surface area contributed by atoms with Crippen LogP contribution < -0.4 is 14.8 Å². The Hall–Kier alpha value is -2.50. The molecule has 1 amide bonds. The number of benzene rings is 1. The van der Waals surface area contributed by atoms with Crippen LogP contribution in [0.25, 0.3) is 0 Å². The van der Waals surface area contributed by atoms with Gasteiger partial charge in [-0.25, -0.2) is 0 Å². The van der Waals surface area contributed by atoms with Crippen LogP contribution in [0.1, 0.15) is 61.4 Å². The number of carbonyl (C=O) groups excluding carboxylic acids is 1. The molecule has 0 fully saturated rings. The van der Waals surface area contributed by atoms with Crippen LogP contribution in [-0.2, 0) is 13.5 Å². The number of ether oxygens (including phenoxy) is 2. The number of carbonyl (C=O) groups is 1. The Bertz CT molecular complexity index is 811. The predicted octanol–water partition coefficient (Wildman–Crippen LogP) is 3.41. The van der Waals surface area contributed by atoms with Crippen LogP contribution >= 0.6 is 0 Å². The van der Waals surface area contributed by atoms with Gasteiger partial charge in [-0.2, -0.15) is 5.10 Å². The number of aromatic nitrogens is 2. The summed E-state index contributed by atoms with van der Waals surface area (Å²) >= 11 is 0. The molecule has 26 heavy (non-hydrogen) atoms. The number of amides is 1. The van der Waals surface area contributed by atoms with Crippen molar-refractivity contribution in [2.45, 2.75) is 51.7 Å². The van der Waals surface area contributed by atoms with Gasteiger partial charge in [0.1, 0.15) is 22.8 Å². The Kier molecular flexibility index (Phi) is 4.94. The van der Waals surface area contributed by atoms with Crippen molar-refractivity contribution in [3.63, 3.8) is 0 Å². The number of rotatable bonds is 5. The van der Waals surface area contributed by atoms with Crippen molar-refractivity contribution in [2.24, 2.45) is 7.05 Å². The molecule has 0 bridgehead atoms. The lowest BCUT2D eigenvalue weighted by Crippen LogP contribution is -2.41. The van der Waals surface area contributed by atoms with Gasteiger partial charge >= 0.3 is 0 Å². The quantitative estimate of drug-likeness (QED) is 0.890. The minimum atomic E-state index is -0.378. The zero-order valence-corrected chi connectivity index (χ0v) is 16.1. The van der Waals surface area contributed by atoms with E-state index in [1.165, 1.54) is 0 Å². The van der Waals surface area contributed by atoms with Crippen molar-refractivity contribution in [2.75, 3.05) is 7.11 Å². The average molecular weight is 357 g/mol. The first-order valence-corrected chi connectivity index (χ1v) is 9.03. The van der Waals surface area contributed by atoms with Crippen molar-refractivity contribution in [3.8, 4) is 11.5 Å². The third-order valence-electron chi connectivity index (χ3n) is 4.65. The monoisotopic (exact) mass is 357 g/mol. The third kappa shape index (κ3) is 3.69. The number of aryl methyl sites for hydroxylation is 2. The largest absolute Gasteiger partial charge is 0.497 e. The molecule has 0 radical (unpaired) electrons. The highest BCUT2D eigenvalue weighted by atomic mass is 16.5. The fraction of sp³-hybridized carbons (Fsp3) is 0.500. The van der Waals surface area contributed by atoms with Gasteiger partial charge in [-0.15, -0.1) is 0 Å². The maximum atomic E-state index is 12.9. The topological polar surface area (TPSA) is 65.4 Å². The van der Waals surface area contributed by atoms with E-state index in [4.69, 9.17) is 9.47 Å². The Labute approximate surface area is 154 Å². The van der Waals surface area contributed by atoms with Crippen LogP contribution in [-0.4, -0.2) is 28.4 Å². The SMILES string of the molecule is CCCc1cc(C(=O)NC2CC(C)(C)Oc3cc(OC)ccc32)n(C)n1. The molecule has 1 aromatic heterocycles. The minimum absolute atomic E-state index is 0.119. The van der Waals surface area contributed by atoms with Crippen LogP contribution in [0.4, 0.5) is 0 Å². The van der Waals surface area contributed by atoms with Gasteiger partial charge in [-0.3, -0.25) is 9.48 Å². The highest BCUT2D eigenvalue weighted by Crippen LogP contribution is 2.41. The molecule has 1 aliphatic rings. The zero-order valence-electron chi connectivity index (χ0n) is 16.1. The maximum absolute atomic E-state index is 12.9. The van der Waals surface area contributed by atoms with Gasteiger partial charge in [0, 0.05) is 25.1 Å². The second-order valence-electron chi connectivity index (χ2n) is 7.39. The summed E-state index contributed by atoms with van der Waals surface area (Å²) in [5.41, 5.74) is 2.11. The summed E-state index contributed by atoms with van der Waals surface area (Å²) in [7, 11) is 3.44. The molecule has 1 N–H and O–H groups in total. The van der Waals surface area contributed by atoms with Gasteiger partial charge in [0.2, 0.25) is 0 Å². The number of hydrogen-bond acceptors (Lipinski definition) is 4. The van der Waals surface area contributed by atoms with Crippen LogP contribution in [0.5, 0.6) is 11.5 Å². The number of nitrogens with zero attached hydrogens (tertiary/aromatic N) is 2. The van der Waals surface area contributed by atoms with Crippen LogP contribution in [0, 0.1) is 0 Å². The molecule has 140 valence electrons. The molecule has 1 aliphatic heterocycles. The summed E-state index contributed by atoms with van der Waals surface area (Å²) < 4.78 is 13.0. The number of nitrogens with one attached hydrogen (secondary N) is 1. The van der Waals surface area contributed by atoms with E-state index >= 15 is 0 Å². The predicted molar refractivity (Wildman–Crippen MR) is 99.7 cm³/mol. The van der Waals surface area contributed by atoms with Gasteiger partial charge in [0.15, 0.2) is 0 Å². The lowest BCUT2D eigenvalue weighted by Gasteiger charge is -2.38. The van der Waals surface area contributed by atoms with Crippen molar-refractivity contribution in [3.05, 3.63) is 41.2 Å². The molecule has 6 heteroatoms. The van der Waals surface area contributed by atoms with Gasteiger partial charge in [-0.1, -0.05) is 13.3 Å². The van der Waals surface area contributed by atoms with Gasteiger partial charge in [-0.05, 0) is 38.5 Å². The third-order valence-corrected chi connectivity index (χ3v) is 4.65. The summed E-state index contributed by atoms with van der Waals surface area (Å²) in [5.74, 6) is 1.37. The number of hydrogen-bond donors (Lipinski definition) is 1. The van der Waals surface area contributed by atoms with Gasteiger partial charge in [0.25, 0.3) is 5.91 Å². The molecule has 2 aromatic rings. The minimum Gasteiger partial charge on any atom is -0.497 e. The summed E-state index contributed by atoms with van der Waals surface area (Å²) in [4.78, 5) is 12.9. The summed E-state index contributed by atoms with van der Waals surface area (Å²) in [6.45, 7) is 6.15. The van der Waals surface area contributed by atoms with E-state index in [0.717, 1.165) is 35.6 Å². The molecule has 0 spiro atoms. The highest BCUT2D eigenvalue weighted by Gasteiger charge is 2.35. The van der Waals surface area contributed by atoms with Crippen LogP contribution in [0.15, 0.2) is 24.3 Å². The first-order chi connectivity index (χ1) is 12.3. The second-order valence-corrected chi connectivity index (χ2v) is 7.39. The van der Waals surface area contributed by atoms with E-state index in [1.807, 2.05) is 38.1 Å². The smallest absolute Gasteiger partial charge is 0.270 e. The molecular formula is C20H27N3O3. The fourth-order valence-electron chi connectivity index (χ4n) is 3.44. The van der Waals surface area contributed by atoms with E-state index < -0.39 is 0 Å². The summed E-state index contributed by atoms with van der Waals surface area (Å²) in [6, 6.07) is 7.47. The maximum Gasteiger partial charge on any atom is 0.270 e. The van der Waals surface area contributed by atoms with Crippen LogP contribution in [0.2, 0.25) is 0 Å². The molecule has 0 saturated heterocycles. The van der Waals surface area contributed by atoms with Crippen molar-refractivity contribution in [1.82, 2.24) is 15.1 Å². The van der Waals surface area contributed by atoms with Gasteiger partial charge in [0.05, 0.1) is 18.8 Å². The van der Waals surface area contributed by atoms with Crippen molar-refractivity contribution < 1.29 is 14.3 Å². The van der Waals surface area contributed by atoms with Crippen molar-refractivity contribution >= 4 is 5.91 Å². The Morgan fingerprint density at radius 2 is 2.19 bits per heavy atom. The van der Waals surface area contributed by atoms with E-state index in [9.17, 15) is 4.79 Å². The molecular weight excluding hydrogens is 330 g/mol. The molecule has 1 unspecified atom stereocenters. The average Bonchev–Trinajstić information content (AvgIpc) is 2.94. The number of methoxy groups -OCH3 is 1.